The average Bonchev–Trinajstić information content (AvgIpc) is 2.65. The number of furan rings is 1. The summed E-state index contributed by atoms with van der Waals surface area (Å²) < 4.78 is 15.8. The minimum absolute atomic E-state index is 0.321. The third kappa shape index (κ3) is 1.34. The minimum atomic E-state index is 0.321. The van der Waals surface area contributed by atoms with Crippen molar-refractivity contribution in [2.45, 2.75) is 6.92 Å². The second-order valence-corrected chi connectivity index (χ2v) is 3.39. The van der Waals surface area contributed by atoms with Crippen LogP contribution in [0.1, 0.15) is 16.1 Å². The van der Waals surface area contributed by atoms with Crippen LogP contribution in [0.2, 0.25) is 0 Å². The standard InChI is InChI=1S/C12H12O4/c1-7-8-4-5-9(14-2)12(15-3)11(8)16-10(7)6-13/h4-6H,1-3H3. The first-order chi connectivity index (χ1) is 7.72. The first-order valence-electron chi connectivity index (χ1n) is 4.82. The molecule has 0 aliphatic rings. The van der Waals surface area contributed by atoms with Gasteiger partial charge in [-0.1, -0.05) is 0 Å². The van der Waals surface area contributed by atoms with Gasteiger partial charge in [0.25, 0.3) is 0 Å². The van der Waals surface area contributed by atoms with Crippen LogP contribution in [0, 0.1) is 6.92 Å². The Bertz CT molecular complexity index is 539. The van der Waals surface area contributed by atoms with Gasteiger partial charge in [0.15, 0.2) is 23.4 Å². The zero-order valence-electron chi connectivity index (χ0n) is 9.37. The lowest BCUT2D eigenvalue weighted by Gasteiger charge is -2.06. The van der Waals surface area contributed by atoms with Crippen molar-refractivity contribution in [3.8, 4) is 11.5 Å². The molecule has 2 rings (SSSR count). The Kier molecular flexibility index (Phi) is 2.56. The summed E-state index contributed by atoms with van der Waals surface area (Å²) in [4.78, 5) is 10.8. The highest BCUT2D eigenvalue weighted by molar-refractivity contribution is 5.94. The van der Waals surface area contributed by atoms with Crippen molar-refractivity contribution >= 4 is 17.3 Å². The van der Waals surface area contributed by atoms with Gasteiger partial charge in [-0.15, -0.1) is 0 Å². The van der Waals surface area contributed by atoms with E-state index >= 15 is 0 Å². The topological polar surface area (TPSA) is 48.7 Å². The number of aryl methyl sites for hydroxylation is 1. The molecule has 1 heterocycles. The highest BCUT2D eigenvalue weighted by Crippen LogP contribution is 2.38. The van der Waals surface area contributed by atoms with Crippen molar-refractivity contribution in [2.75, 3.05) is 14.2 Å². The molecule has 0 spiro atoms. The molecule has 84 valence electrons. The van der Waals surface area contributed by atoms with Gasteiger partial charge >= 0.3 is 0 Å². The molecule has 0 bridgehead atoms. The molecule has 0 radical (unpaired) electrons. The second kappa shape index (κ2) is 3.89. The van der Waals surface area contributed by atoms with Gasteiger partial charge in [-0.3, -0.25) is 4.79 Å². The second-order valence-electron chi connectivity index (χ2n) is 3.39. The largest absolute Gasteiger partial charge is 0.493 e. The normalized spacial score (nSPS) is 10.4. The number of hydrogen-bond acceptors (Lipinski definition) is 4. The molecule has 0 saturated heterocycles. The first kappa shape index (κ1) is 10.5. The lowest BCUT2D eigenvalue weighted by molar-refractivity contribution is 0.110. The van der Waals surface area contributed by atoms with Gasteiger partial charge in [0.05, 0.1) is 14.2 Å². The van der Waals surface area contributed by atoms with Gasteiger partial charge in [0, 0.05) is 10.9 Å². The lowest BCUT2D eigenvalue weighted by Crippen LogP contribution is -1.90. The van der Waals surface area contributed by atoms with Crippen LogP contribution in [0.15, 0.2) is 16.5 Å². The quantitative estimate of drug-likeness (QED) is 0.746. The highest BCUT2D eigenvalue weighted by Gasteiger charge is 2.17. The van der Waals surface area contributed by atoms with E-state index in [-0.39, 0.29) is 0 Å². The Morgan fingerprint density at radius 3 is 2.56 bits per heavy atom. The molecule has 16 heavy (non-hydrogen) atoms. The Morgan fingerprint density at radius 2 is 2.00 bits per heavy atom. The molecule has 1 aromatic heterocycles. The molecule has 0 aliphatic heterocycles. The summed E-state index contributed by atoms with van der Waals surface area (Å²) in [5, 5.41) is 0.861. The molecule has 4 nitrogen and oxygen atoms in total. The number of ether oxygens (including phenoxy) is 2. The molecular formula is C12H12O4. The smallest absolute Gasteiger partial charge is 0.204 e. The van der Waals surface area contributed by atoms with Gasteiger partial charge in [-0.25, -0.2) is 0 Å². The number of aldehydes is 1. The number of methoxy groups -OCH3 is 2. The summed E-state index contributed by atoms with van der Waals surface area (Å²) in [6.07, 6.45) is 0.696. The molecule has 0 aliphatic carbocycles. The van der Waals surface area contributed by atoms with Crippen LogP contribution in [-0.4, -0.2) is 20.5 Å². The SMILES string of the molecule is COc1ccc2c(C)c(C=O)oc2c1OC. The van der Waals surface area contributed by atoms with E-state index in [2.05, 4.69) is 0 Å². The zero-order chi connectivity index (χ0) is 11.7. The molecule has 0 N–H and O–H groups in total. The zero-order valence-corrected chi connectivity index (χ0v) is 9.37. The third-order valence-corrected chi connectivity index (χ3v) is 2.59. The molecule has 1 aromatic carbocycles. The molecule has 0 saturated carbocycles. The Labute approximate surface area is 92.8 Å². The average molecular weight is 220 g/mol. The molecule has 2 aromatic rings. The van der Waals surface area contributed by atoms with Crippen LogP contribution < -0.4 is 9.47 Å². The summed E-state index contributed by atoms with van der Waals surface area (Å²) in [5.41, 5.74) is 1.35. The van der Waals surface area contributed by atoms with E-state index in [1.165, 1.54) is 7.11 Å². The molecule has 0 fully saturated rings. The number of benzene rings is 1. The predicted octanol–water partition coefficient (Wildman–Crippen LogP) is 2.57. The van der Waals surface area contributed by atoms with Crippen molar-refractivity contribution in [1.29, 1.82) is 0 Å². The summed E-state index contributed by atoms with van der Waals surface area (Å²) in [6, 6.07) is 3.64. The summed E-state index contributed by atoms with van der Waals surface area (Å²) >= 11 is 0. The maximum atomic E-state index is 10.8. The number of rotatable bonds is 3. The fourth-order valence-electron chi connectivity index (χ4n) is 1.73. The van der Waals surface area contributed by atoms with Crippen molar-refractivity contribution in [3.63, 3.8) is 0 Å². The minimum Gasteiger partial charge on any atom is -0.493 e. The Hall–Kier alpha value is -1.97. The summed E-state index contributed by atoms with van der Waals surface area (Å²) in [5.74, 6) is 1.42. The number of carbonyl (C=O) groups is 1. The molecular weight excluding hydrogens is 208 g/mol. The summed E-state index contributed by atoms with van der Waals surface area (Å²) in [6.45, 7) is 1.83. The monoisotopic (exact) mass is 220 g/mol. The van der Waals surface area contributed by atoms with E-state index in [0.29, 0.717) is 29.1 Å². The van der Waals surface area contributed by atoms with Crippen LogP contribution in [-0.2, 0) is 0 Å². The van der Waals surface area contributed by atoms with E-state index in [1.807, 2.05) is 13.0 Å². The van der Waals surface area contributed by atoms with Gasteiger partial charge in [-0.05, 0) is 19.1 Å². The van der Waals surface area contributed by atoms with Crippen LogP contribution in [0.25, 0.3) is 11.0 Å². The lowest BCUT2D eigenvalue weighted by atomic mass is 10.1. The fourth-order valence-corrected chi connectivity index (χ4v) is 1.73. The van der Waals surface area contributed by atoms with E-state index in [9.17, 15) is 4.79 Å². The van der Waals surface area contributed by atoms with Gasteiger partial charge in [0.2, 0.25) is 5.75 Å². The van der Waals surface area contributed by atoms with E-state index in [0.717, 1.165) is 10.9 Å². The van der Waals surface area contributed by atoms with Gasteiger partial charge in [-0.2, -0.15) is 0 Å². The molecule has 4 heteroatoms. The van der Waals surface area contributed by atoms with Gasteiger partial charge < -0.3 is 13.9 Å². The maximum absolute atomic E-state index is 10.8. The predicted molar refractivity (Wildman–Crippen MR) is 59.4 cm³/mol. The van der Waals surface area contributed by atoms with Crippen LogP contribution in [0.3, 0.4) is 0 Å². The highest BCUT2D eigenvalue weighted by atomic mass is 16.5. The maximum Gasteiger partial charge on any atom is 0.204 e. The van der Waals surface area contributed by atoms with Crippen molar-refractivity contribution in [2.24, 2.45) is 0 Å². The first-order valence-corrected chi connectivity index (χ1v) is 4.82. The summed E-state index contributed by atoms with van der Waals surface area (Å²) in [7, 11) is 3.09. The molecule has 0 unspecified atom stereocenters. The Morgan fingerprint density at radius 1 is 1.25 bits per heavy atom. The Balaban J connectivity index is 2.82. The van der Waals surface area contributed by atoms with Crippen LogP contribution in [0.5, 0.6) is 11.5 Å². The molecule has 0 atom stereocenters. The number of carbonyl (C=O) groups excluding carboxylic acids is 1. The van der Waals surface area contributed by atoms with E-state index < -0.39 is 0 Å². The molecule has 0 amide bonds. The van der Waals surface area contributed by atoms with Crippen molar-refractivity contribution < 1.29 is 18.7 Å². The van der Waals surface area contributed by atoms with Gasteiger partial charge in [0.1, 0.15) is 0 Å². The van der Waals surface area contributed by atoms with E-state index in [1.54, 1.807) is 13.2 Å². The van der Waals surface area contributed by atoms with Crippen LogP contribution in [0.4, 0.5) is 0 Å². The van der Waals surface area contributed by atoms with Crippen molar-refractivity contribution in [3.05, 3.63) is 23.5 Å². The van der Waals surface area contributed by atoms with Crippen LogP contribution >= 0.6 is 0 Å². The number of hydrogen-bond donors (Lipinski definition) is 0. The number of fused-ring (bicyclic) bond motifs is 1. The van der Waals surface area contributed by atoms with E-state index in [4.69, 9.17) is 13.9 Å². The van der Waals surface area contributed by atoms with Crippen molar-refractivity contribution in [1.82, 2.24) is 0 Å². The fraction of sp³-hybridized carbons (Fsp3) is 0.250. The third-order valence-electron chi connectivity index (χ3n) is 2.59.